The van der Waals surface area contributed by atoms with E-state index in [2.05, 4.69) is 4.74 Å². The molecule has 24 heavy (non-hydrogen) atoms. The van der Waals surface area contributed by atoms with Gasteiger partial charge < -0.3 is 9.47 Å². The fourth-order valence-electron chi connectivity index (χ4n) is 1.98. The Morgan fingerprint density at radius 3 is 2.50 bits per heavy atom. The van der Waals surface area contributed by atoms with E-state index in [0.717, 1.165) is 11.8 Å². The first kappa shape index (κ1) is 20.3. The summed E-state index contributed by atoms with van der Waals surface area (Å²) in [5.74, 6) is -0.451. The second-order valence-corrected chi connectivity index (χ2v) is 6.96. The molecule has 0 aromatic heterocycles. The Kier molecular flexibility index (Phi) is 8.67. The van der Waals surface area contributed by atoms with Crippen molar-refractivity contribution in [2.45, 2.75) is 32.5 Å². The molecule has 0 fully saturated rings. The molecule has 7 heteroatoms. The molecule has 0 aliphatic heterocycles. The van der Waals surface area contributed by atoms with Crippen LogP contribution >= 0.6 is 0 Å². The highest BCUT2D eigenvalue weighted by atomic mass is 32.2. The predicted molar refractivity (Wildman–Crippen MR) is 90.8 cm³/mol. The first-order chi connectivity index (χ1) is 11.3. The molecule has 0 amide bonds. The molecule has 0 heterocycles. The second kappa shape index (κ2) is 10.2. The molecular weight excluding hydrogens is 332 g/mol. The van der Waals surface area contributed by atoms with Gasteiger partial charge in [-0.3, -0.25) is 4.18 Å². The predicted octanol–water partition coefficient (Wildman–Crippen LogP) is 2.45. The standard InChI is InChI=1S/C17H24O6S/c1-14(17(18)21-2)9-10-16(23-24(3,19)20)11-12-22-13-15-7-5-4-6-8-15/h4-9,16H,10-13H2,1-3H3/b14-9-/t16-/m1/s1. The molecule has 0 bridgehead atoms. The Morgan fingerprint density at radius 1 is 1.25 bits per heavy atom. The van der Waals surface area contributed by atoms with Gasteiger partial charge in [-0.05, 0) is 25.3 Å². The van der Waals surface area contributed by atoms with Gasteiger partial charge in [-0.25, -0.2) is 4.79 Å². The zero-order valence-corrected chi connectivity index (χ0v) is 15.0. The first-order valence-corrected chi connectivity index (χ1v) is 9.38. The van der Waals surface area contributed by atoms with Gasteiger partial charge in [0.25, 0.3) is 10.1 Å². The second-order valence-electron chi connectivity index (χ2n) is 5.36. The Morgan fingerprint density at radius 2 is 1.92 bits per heavy atom. The lowest BCUT2D eigenvalue weighted by atomic mass is 10.1. The lowest BCUT2D eigenvalue weighted by Crippen LogP contribution is -2.19. The summed E-state index contributed by atoms with van der Waals surface area (Å²) in [6.45, 7) is 2.40. The normalized spacial score (nSPS) is 13.5. The molecule has 1 atom stereocenters. The van der Waals surface area contributed by atoms with Crippen LogP contribution in [-0.4, -0.2) is 40.5 Å². The largest absolute Gasteiger partial charge is 0.466 e. The molecule has 6 nitrogen and oxygen atoms in total. The summed E-state index contributed by atoms with van der Waals surface area (Å²) >= 11 is 0. The molecule has 1 aromatic carbocycles. The van der Waals surface area contributed by atoms with E-state index in [1.807, 2.05) is 30.3 Å². The Hall–Kier alpha value is -1.70. The maximum Gasteiger partial charge on any atom is 0.333 e. The van der Waals surface area contributed by atoms with Crippen molar-refractivity contribution >= 4 is 16.1 Å². The minimum absolute atomic E-state index is 0.280. The minimum Gasteiger partial charge on any atom is -0.466 e. The lowest BCUT2D eigenvalue weighted by molar-refractivity contribution is -0.136. The van der Waals surface area contributed by atoms with Gasteiger partial charge in [0.05, 0.1) is 26.1 Å². The molecule has 0 saturated carbocycles. The molecule has 1 rings (SSSR count). The zero-order chi connectivity index (χ0) is 18.0. The number of ether oxygens (including phenoxy) is 2. The first-order valence-electron chi connectivity index (χ1n) is 7.57. The van der Waals surface area contributed by atoms with Crippen LogP contribution in [0.25, 0.3) is 0 Å². The van der Waals surface area contributed by atoms with Crippen molar-refractivity contribution < 1.29 is 26.9 Å². The highest BCUT2D eigenvalue weighted by Crippen LogP contribution is 2.12. The van der Waals surface area contributed by atoms with Crippen molar-refractivity contribution in [2.75, 3.05) is 20.0 Å². The molecule has 0 saturated heterocycles. The third-order valence-electron chi connectivity index (χ3n) is 3.20. The highest BCUT2D eigenvalue weighted by molar-refractivity contribution is 7.86. The molecule has 0 spiro atoms. The third-order valence-corrected chi connectivity index (χ3v) is 3.82. The molecular formula is C17H24O6S. The van der Waals surface area contributed by atoms with E-state index < -0.39 is 22.2 Å². The number of methoxy groups -OCH3 is 1. The zero-order valence-electron chi connectivity index (χ0n) is 14.2. The summed E-state index contributed by atoms with van der Waals surface area (Å²) in [6, 6.07) is 9.68. The van der Waals surface area contributed by atoms with Crippen LogP contribution in [0.5, 0.6) is 0 Å². The topological polar surface area (TPSA) is 78.9 Å². The molecule has 1 aromatic rings. The molecule has 0 aliphatic carbocycles. The van der Waals surface area contributed by atoms with Crippen molar-refractivity contribution in [1.29, 1.82) is 0 Å². The molecule has 0 radical (unpaired) electrons. The molecule has 134 valence electrons. The maximum atomic E-state index is 11.4. The van der Waals surface area contributed by atoms with E-state index in [1.54, 1.807) is 13.0 Å². The van der Waals surface area contributed by atoms with E-state index in [1.165, 1.54) is 7.11 Å². The van der Waals surface area contributed by atoms with Crippen LogP contribution in [0.2, 0.25) is 0 Å². The van der Waals surface area contributed by atoms with Gasteiger partial charge in [-0.2, -0.15) is 8.42 Å². The summed E-state index contributed by atoms with van der Waals surface area (Å²) in [5, 5.41) is 0. The van der Waals surface area contributed by atoms with Gasteiger partial charge in [-0.15, -0.1) is 0 Å². The van der Waals surface area contributed by atoms with Crippen LogP contribution in [0.4, 0.5) is 0 Å². The number of benzene rings is 1. The maximum absolute atomic E-state index is 11.4. The molecule has 0 aliphatic rings. The van der Waals surface area contributed by atoms with Gasteiger partial charge in [-0.1, -0.05) is 36.4 Å². The summed E-state index contributed by atoms with van der Waals surface area (Å²) in [7, 11) is -2.29. The van der Waals surface area contributed by atoms with Crippen LogP contribution in [-0.2, 0) is 35.2 Å². The van der Waals surface area contributed by atoms with Crippen LogP contribution in [0, 0.1) is 0 Å². The van der Waals surface area contributed by atoms with Gasteiger partial charge >= 0.3 is 5.97 Å². The van der Waals surface area contributed by atoms with E-state index in [4.69, 9.17) is 8.92 Å². The van der Waals surface area contributed by atoms with Gasteiger partial charge in [0, 0.05) is 12.2 Å². The number of carbonyl (C=O) groups is 1. The van der Waals surface area contributed by atoms with E-state index >= 15 is 0 Å². The smallest absolute Gasteiger partial charge is 0.333 e. The van der Waals surface area contributed by atoms with Crippen molar-refractivity contribution in [3.05, 3.63) is 47.5 Å². The third kappa shape index (κ3) is 8.81. The number of carbonyl (C=O) groups excluding carboxylic acids is 1. The SMILES string of the molecule is COC(=O)/C(C)=C\C[C@H](CCOCc1ccccc1)OS(C)(=O)=O. The lowest BCUT2D eigenvalue weighted by Gasteiger charge is -2.15. The van der Waals surface area contributed by atoms with Gasteiger partial charge in [0.2, 0.25) is 0 Å². The summed E-state index contributed by atoms with van der Waals surface area (Å²) in [5.41, 5.74) is 1.45. The average molecular weight is 356 g/mol. The Balaban J connectivity index is 2.51. The van der Waals surface area contributed by atoms with Crippen LogP contribution in [0.3, 0.4) is 0 Å². The van der Waals surface area contributed by atoms with Crippen molar-refractivity contribution in [3.8, 4) is 0 Å². The average Bonchev–Trinajstić information content (AvgIpc) is 2.54. The van der Waals surface area contributed by atoms with E-state index in [0.29, 0.717) is 25.2 Å². The number of hydrogen-bond donors (Lipinski definition) is 0. The van der Waals surface area contributed by atoms with Crippen molar-refractivity contribution in [3.63, 3.8) is 0 Å². The van der Waals surface area contributed by atoms with Crippen LogP contribution < -0.4 is 0 Å². The van der Waals surface area contributed by atoms with Crippen LogP contribution in [0.15, 0.2) is 42.0 Å². The summed E-state index contributed by atoms with van der Waals surface area (Å²) < 4.78 is 37.9. The number of hydrogen-bond acceptors (Lipinski definition) is 6. The minimum atomic E-state index is -3.59. The van der Waals surface area contributed by atoms with Gasteiger partial charge in [0.1, 0.15) is 0 Å². The monoisotopic (exact) mass is 356 g/mol. The Bertz CT molecular complexity index is 636. The fraction of sp³-hybridized carbons (Fsp3) is 0.471. The van der Waals surface area contributed by atoms with E-state index in [-0.39, 0.29) is 6.42 Å². The fourth-order valence-corrected chi connectivity index (χ4v) is 2.65. The molecule has 0 N–H and O–H groups in total. The van der Waals surface area contributed by atoms with E-state index in [9.17, 15) is 13.2 Å². The van der Waals surface area contributed by atoms with Crippen molar-refractivity contribution in [2.24, 2.45) is 0 Å². The summed E-state index contributed by atoms with van der Waals surface area (Å²) in [4.78, 5) is 11.4. The van der Waals surface area contributed by atoms with Crippen LogP contribution in [0.1, 0.15) is 25.3 Å². The van der Waals surface area contributed by atoms with Crippen molar-refractivity contribution in [1.82, 2.24) is 0 Å². The summed E-state index contributed by atoms with van der Waals surface area (Å²) in [6.07, 6.45) is 2.70. The number of rotatable bonds is 10. The molecule has 0 unspecified atom stereocenters. The Labute approximate surface area is 143 Å². The van der Waals surface area contributed by atoms with Gasteiger partial charge in [0.15, 0.2) is 0 Å². The quantitative estimate of drug-likeness (QED) is 0.277. The highest BCUT2D eigenvalue weighted by Gasteiger charge is 2.15. The number of esters is 1.